The first-order chi connectivity index (χ1) is 17.1. The first-order valence-electron chi connectivity index (χ1n) is 11.8. The molecule has 0 aliphatic carbocycles. The number of carbonyl (C=O) groups is 1. The van der Waals surface area contributed by atoms with Crippen LogP contribution in [0, 0.1) is 5.82 Å². The molecule has 3 nitrogen and oxygen atoms in total. The number of rotatable bonds is 10. The third-order valence-electron chi connectivity index (χ3n) is 6.25. The van der Waals surface area contributed by atoms with Gasteiger partial charge in [0.1, 0.15) is 11.4 Å². The Morgan fingerprint density at radius 2 is 1.20 bits per heavy atom. The van der Waals surface area contributed by atoms with Crippen LogP contribution in [0.25, 0.3) is 0 Å². The number of hydrogen-bond acceptors (Lipinski definition) is 3. The molecule has 0 amide bonds. The second-order valence-corrected chi connectivity index (χ2v) is 8.40. The largest absolute Gasteiger partial charge is 0.469 e. The van der Waals surface area contributed by atoms with Crippen LogP contribution in [0.15, 0.2) is 115 Å². The van der Waals surface area contributed by atoms with Crippen molar-refractivity contribution in [1.82, 2.24) is 0 Å². The van der Waals surface area contributed by atoms with Crippen LogP contribution >= 0.6 is 0 Å². The maximum atomic E-state index is 13.4. The molecule has 0 unspecified atom stereocenters. The highest BCUT2D eigenvalue weighted by Crippen LogP contribution is 2.40. The van der Waals surface area contributed by atoms with Crippen LogP contribution in [0.3, 0.4) is 0 Å². The first-order valence-corrected chi connectivity index (χ1v) is 11.8. The van der Waals surface area contributed by atoms with E-state index >= 15 is 0 Å². The predicted octanol–water partition coefficient (Wildman–Crippen LogP) is 6.87. The fourth-order valence-corrected chi connectivity index (χ4v) is 4.54. The zero-order chi connectivity index (χ0) is 24.5. The molecule has 0 N–H and O–H groups in total. The quantitative estimate of drug-likeness (QED) is 0.145. The summed E-state index contributed by atoms with van der Waals surface area (Å²) >= 11 is 0. The van der Waals surface area contributed by atoms with E-state index in [1.165, 1.54) is 19.2 Å². The Kier molecular flexibility index (Phi) is 8.07. The Morgan fingerprint density at radius 1 is 0.743 bits per heavy atom. The Bertz CT molecular complexity index is 1100. The molecule has 0 bridgehead atoms. The molecule has 0 saturated carbocycles. The molecule has 0 heterocycles. The molecule has 0 aromatic heterocycles. The zero-order valence-corrected chi connectivity index (χ0v) is 19.8. The van der Waals surface area contributed by atoms with E-state index in [-0.39, 0.29) is 11.8 Å². The summed E-state index contributed by atoms with van der Waals surface area (Å²) < 4.78 is 25.2. The topological polar surface area (TPSA) is 35.5 Å². The molecule has 0 fully saturated rings. The van der Waals surface area contributed by atoms with Crippen LogP contribution in [0.5, 0.6) is 0 Å². The highest BCUT2D eigenvalue weighted by molar-refractivity contribution is 5.78. The van der Waals surface area contributed by atoms with E-state index in [4.69, 9.17) is 9.47 Å². The molecular formula is C31H29FO3. The molecule has 178 valence electrons. The molecule has 1 atom stereocenters. The zero-order valence-electron chi connectivity index (χ0n) is 19.8. The molecule has 35 heavy (non-hydrogen) atoms. The van der Waals surface area contributed by atoms with Gasteiger partial charge in [-0.3, -0.25) is 4.79 Å². The molecule has 0 aliphatic rings. The summed E-state index contributed by atoms with van der Waals surface area (Å²) in [5, 5.41) is 0. The van der Waals surface area contributed by atoms with E-state index in [1.807, 2.05) is 54.6 Å². The number of methoxy groups -OCH3 is 1. The number of benzene rings is 4. The van der Waals surface area contributed by atoms with Crippen LogP contribution in [0.2, 0.25) is 0 Å². The SMILES string of the molecule is COC(=O)[C@@H](CCCOC(c1ccccc1)(c1ccccc1)c1ccccc1)c1ccc(F)cc1. The molecule has 4 aromatic rings. The van der Waals surface area contributed by atoms with Gasteiger partial charge in [0.05, 0.1) is 13.0 Å². The molecule has 0 saturated heterocycles. The van der Waals surface area contributed by atoms with Crippen molar-refractivity contribution in [3.63, 3.8) is 0 Å². The van der Waals surface area contributed by atoms with Crippen molar-refractivity contribution in [2.75, 3.05) is 13.7 Å². The highest BCUT2D eigenvalue weighted by atomic mass is 19.1. The maximum absolute atomic E-state index is 13.4. The minimum absolute atomic E-state index is 0.334. The van der Waals surface area contributed by atoms with Gasteiger partial charge in [0, 0.05) is 6.61 Å². The third-order valence-corrected chi connectivity index (χ3v) is 6.25. The van der Waals surface area contributed by atoms with E-state index in [0.717, 1.165) is 22.3 Å². The first kappa shape index (κ1) is 24.4. The van der Waals surface area contributed by atoms with Crippen LogP contribution in [-0.4, -0.2) is 19.7 Å². The van der Waals surface area contributed by atoms with Gasteiger partial charge in [0.25, 0.3) is 0 Å². The lowest BCUT2D eigenvalue weighted by Gasteiger charge is -2.36. The molecular weight excluding hydrogens is 439 g/mol. The van der Waals surface area contributed by atoms with E-state index in [9.17, 15) is 9.18 Å². The second kappa shape index (κ2) is 11.6. The van der Waals surface area contributed by atoms with Crippen molar-refractivity contribution >= 4 is 5.97 Å². The van der Waals surface area contributed by atoms with Gasteiger partial charge in [-0.2, -0.15) is 0 Å². The lowest BCUT2D eigenvalue weighted by Crippen LogP contribution is -2.33. The van der Waals surface area contributed by atoms with Gasteiger partial charge in [-0.15, -0.1) is 0 Å². The third kappa shape index (κ3) is 5.50. The lowest BCUT2D eigenvalue weighted by molar-refractivity contribution is -0.142. The minimum Gasteiger partial charge on any atom is -0.469 e. The second-order valence-electron chi connectivity index (χ2n) is 8.40. The average Bonchev–Trinajstić information content (AvgIpc) is 2.93. The minimum atomic E-state index is -0.805. The van der Waals surface area contributed by atoms with Crippen LogP contribution in [0.4, 0.5) is 4.39 Å². The summed E-state index contributed by atoms with van der Waals surface area (Å²) in [4.78, 5) is 12.5. The lowest BCUT2D eigenvalue weighted by atomic mass is 9.80. The van der Waals surface area contributed by atoms with Gasteiger partial charge < -0.3 is 9.47 Å². The molecule has 4 heteroatoms. The molecule has 0 radical (unpaired) electrons. The number of hydrogen-bond donors (Lipinski definition) is 0. The predicted molar refractivity (Wildman–Crippen MR) is 136 cm³/mol. The summed E-state index contributed by atoms with van der Waals surface area (Å²) in [5.41, 5.74) is 3.01. The van der Waals surface area contributed by atoms with Crippen molar-refractivity contribution in [1.29, 1.82) is 0 Å². The smallest absolute Gasteiger partial charge is 0.313 e. The number of esters is 1. The highest BCUT2D eigenvalue weighted by Gasteiger charge is 2.37. The summed E-state index contributed by atoms with van der Waals surface area (Å²) in [5.74, 6) is -1.15. The van der Waals surface area contributed by atoms with E-state index < -0.39 is 11.5 Å². The fourth-order valence-electron chi connectivity index (χ4n) is 4.54. The fraction of sp³-hybridized carbons (Fsp3) is 0.194. The summed E-state index contributed by atoms with van der Waals surface area (Å²) in [7, 11) is 1.38. The van der Waals surface area contributed by atoms with Gasteiger partial charge in [-0.1, -0.05) is 103 Å². The Labute approximate surface area is 206 Å². The van der Waals surface area contributed by atoms with E-state index in [0.29, 0.717) is 19.4 Å². The standard InChI is InChI=1S/C31H29FO3/c1-34-30(33)29(24-19-21-28(32)22-20-24)18-11-23-35-31(25-12-5-2-6-13-25,26-14-7-3-8-15-26)27-16-9-4-10-17-27/h2-10,12-17,19-22,29H,11,18,23H2,1H3/t29-/m0/s1. The van der Waals surface area contributed by atoms with Gasteiger partial charge in [-0.25, -0.2) is 4.39 Å². The van der Waals surface area contributed by atoms with Gasteiger partial charge in [-0.05, 0) is 47.2 Å². The Hall–Kier alpha value is -3.76. The van der Waals surface area contributed by atoms with Crippen LogP contribution < -0.4 is 0 Å². The molecule has 0 aliphatic heterocycles. The number of halogens is 1. The summed E-state index contributed by atoms with van der Waals surface area (Å²) in [6, 6.07) is 36.6. The Morgan fingerprint density at radius 3 is 1.63 bits per heavy atom. The van der Waals surface area contributed by atoms with Crippen LogP contribution in [-0.2, 0) is 19.9 Å². The van der Waals surface area contributed by atoms with Gasteiger partial charge in [0.15, 0.2) is 0 Å². The van der Waals surface area contributed by atoms with Gasteiger partial charge >= 0.3 is 5.97 Å². The van der Waals surface area contributed by atoms with Crippen molar-refractivity contribution in [3.8, 4) is 0 Å². The monoisotopic (exact) mass is 468 g/mol. The molecule has 0 spiro atoms. The average molecular weight is 469 g/mol. The van der Waals surface area contributed by atoms with Crippen molar-refractivity contribution in [3.05, 3.63) is 143 Å². The van der Waals surface area contributed by atoms with E-state index in [2.05, 4.69) is 36.4 Å². The maximum Gasteiger partial charge on any atom is 0.313 e. The summed E-state index contributed by atoms with van der Waals surface area (Å²) in [6.45, 7) is 0.410. The van der Waals surface area contributed by atoms with Crippen molar-refractivity contribution in [2.24, 2.45) is 0 Å². The van der Waals surface area contributed by atoms with Crippen LogP contribution in [0.1, 0.15) is 41.0 Å². The summed E-state index contributed by atoms with van der Waals surface area (Å²) in [6.07, 6.45) is 1.14. The molecule has 4 rings (SSSR count). The van der Waals surface area contributed by atoms with E-state index in [1.54, 1.807) is 12.1 Å². The van der Waals surface area contributed by atoms with Gasteiger partial charge in [0.2, 0.25) is 0 Å². The number of carbonyl (C=O) groups excluding carboxylic acids is 1. The molecule has 4 aromatic carbocycles. The number of ether oxygens (including phenoxy) is 2. The normalized spacial score (nSPS) is 12.2. The Balaban J connectivity index is 1.63. The van der Waals surface area contributed by atoms with Crippen molar-refractivity contribution in [2.45, 2.75) is 24.4 Å². The van der Waals surface area contributed by atoms with Crippen molar-refractivity contribution < 1.29 is 18.7 Å².